The summed E-state index contributed by atoms with van der Waals surface area (Å²) in [7, 11) is 0. The molecule has 1 unspecified atom stereocenters. The summed E-state index contributed by atoms with van der Waals surface area (Å²) in [6, 6.07) is 6.16. The van der Waals surface area contributed by atoms with Crippen LogP contribution in [0.2, 0.25) is 0 Å². The van der Waals surface area contributed by atoms with E-state index in [1.54, 1.807) is 12.1 Å². The third-order valence-electron chi connectivity index (χ3n) is 2.95. The molecule has 17 heavy (non-hydrogen) atoms. The molecule has 1 aliphatic rings. The van der Waals surface area contributed by atoms with Crippen molar-refractivity contribution in [1.29, 1.82) is 0 Å². The number of halogens is 1. The SMILES string of the molecule is OC1CCCN(CCOc2cccc(F)c2)C1. The van der Waals surface area contributed by atoms with Gasteiger partial charge >= 0.3 is 0 Å². The first kappa shape index (κ1) is 12.3. The lowest BCUT2D eigenvalue weighted by Crippen LogP contribution is -2.40. The van der Waals surface area contributed by atoms with Crippen molar-refractivity contribution in [2.24, 2.45) is 0 Å². The number of ether oxygens (including phenoxy) is 1. The maximum absolute atomic E-state index is 12.9. The second kappa shape index (κ2) is 5.98. The average molecular weight is 239 g/mol. The number of hydrogen-bond donors (Lipinski definition) is 1. The van der Waals surface area contributed by atoms with Crippen LogP contribution in [0.15, 0.2) is 24.3 Å². The molecule has 0 aromatic heterocycles. The van der Waals surface area contributed by atoms with Gasteiger partial charge in [-0.3, -0.25) is 4.90 Å². The fourth-order valence-electron chi connectivity index (χ4n) is 2.08. The zero-order valence-electron chi connectivity index (χ0n) is 9.81. The second-order valence-corrected chi connectivity index (χ2v) is 4.40. The number of rotatable bonds is 4. The average Bonchev–Trinajstić information content (AvgIpc) is 2.29. The largest absolute Gasteiger partial charge is 0.492 e. The lowest BCUT2D eigenvalue weighted by Gasteiger charge is -2.29. The summed E-state index contributed by atoms with van der Waals surface area (Å²) in [6.45, 7) is 3.01. The Balaban J connectivity index is 1.72. The van der Waals surface area contributed by atoms with Gasteiger partial charge in [-0.05, 0) is 31.5 Å². The van der Waals surface area contributed by atoms with E-state index in [1.807, 2.05) is 0 Å². The molecule has 1 saturated heterocycles. The quantitative estimate of drug-likeness (QED) is 0.867. The summed E-state index contributed by atoms with van der Waals surface area (Å²) in [5.41, 5.74) is 0. The Morgan fingerprint density at radius 1 is 1.47 bits per heavy atom. The van der Waals surface area contributed by atoms with E-state index < -0.39 is 0 Å². The fraction of sp³-hybridized carbons (Fsp3) is 0.538. The van der Waals surface area contributed by atoms with Crippen LogP contribution in [0.1, 0.15) is 12.8 Å². The molecule has 0 amide bonds. The molecule has 1 aromatic carbocycles. The zero-order chi connectivity index (χ0) is 12.1. The van der Waals surface area contributed by atoms with Crippen molar-refractivity contribution in [3.63, 3.8) is 0 Å². The Hall–Kier alpha value is -1.13. The van der Waals surface area contributed by atoms with E-state index >= 15 is 0 Å². The molecule has 0 bridgehead atoms. The van der Waals surface area contributed by atoms with Crippen LogP contribution in [-0.2, 0) is 0 Å². The summed E-state index contributed by atoms with van der Waals surface area (Å²) in [6.07, 6.45) is 1.71. The minimum atomic E-state index is -0.282. The maximum atomic E-state index is 12.9. The number of aliphatic hydroxyl groups is 1. The predicted octanol–water partition coefficient (Wildman–Crippen LogP) is 1.66. The Bertz CT molecular complexity index is 359. The van der Waals surface area contributed by atoms with Gasteiger partial charge in [0.2, 0.25) is 0 Å². The van der Waals surface area contributed by atoms with Gasteiger partial charge in [-0.1, -0.05) is 6.07 Å². The van der Waals surface area contributed by atoms with Crippen molar-refractivity contribution in [2.75, 3.05) is 26.2 Å². The third kappa shape index (κ3) is 3.98. The third-order valence-corrected chi connectivity index (χ3v) is 2.95. The van der Waals surface area contributed by atoms with Crippen LogP contribution in [0.5, 0.6) is 5.75 Å². The molecule has 4 heteroatoms. The van der Waals surface area contributed by atoms with Gasteiger partial charge in [0.15, 0.2) is 0 Å². The van der Waals surface area contributed by atoms with Gasteiger partial charge in [-0.25, -0.2) is 4.39 Å². The highest BCUT2D eigenvalue weighted by molar-refractivity contribution is 5.22. The summed E-state index contributed by atoms with van der Waals surface area (Å²) in [4.78, 5) is 2.17. The van der Waals surface area contributed by atoms with Gasteiger partial charge in [0.1, 0.15) is 18.2 Å². The van der Waals surface area contributed by atoms with Crippen molar-refractivity contribution >= 4 is 0 Å². The molecule has 3 nitrogen and oxygen atoms in total. The monoisotopic (exact) mass is 239 g/mol. The predicted molar refractivity (Wildman–Crippen MR) is 63.6 cm³/mol. The first-order valence-corrected chi connectivity index (χ1v) is 6.03. The van der Waals surface area contributed by atoms with Crippen LogP contribution >= 0.6 is 0 Å². The molecule has 1 aromatic rings. The van der Waals surface area contributed by atoms with Gasteiger partial charge in [-0.15, -0.1) is 0 Å². The van der Waals surface area contributed by atoms with Crippen LogP contribution < -0.4 is 4.74 Å². The molecule has 1 atom stereocenters. The molecule has 0 radical (unpaired) electrons. The highest BCUT2D eigenvalue weighted by atomic mass is 19.1. The summed E-state index contributed by atoms with van der Waals surface area (Å²) < 4.78 is 18.3. The zero-order valence-corrected chi connectivity index (χ0v) is 9.81. The van der Waals surface area contributed by atoms with Crippen molar-refractivity contribution in [2.45, 2.75) is 18.9 Å². The fourth-order valence-corrected chi connectivity index (χ4v) is 2.08. The van der Waals surface area contributed by atoms with Gasteiger partial charge in [-0.2, -0.15) is 0 Å². The van der Waals surface area contributed by atoms with Crippen LogP contribution in [0.4, 0.5) is 4.39 Å². The van der Waals surface area contributed by atoms with Gasteiger partial charge < -0.3 is 9.84 Å². The second-order valence-electron chi connectivity index (χ2n) is 4.40. The van der Waals surface area contributed by atoms with E-state index in [0.717, 1.165) is 25.9 Å². The van der Waals surface area contributed by atoms with Crippen LogP contribution in [-0.4, -0.2) is 42.4 Å². The highest BCUT2D eigenvalue weighted by Crippen LogP contribution is 2.13. The van der Waals surface area contributed by atoms with Crippen molar-refractivity contribution in [1.82, 2.24) is 4.90 Å². The van der Waals surface area contributed by atoms with Gasteiger partial charge in [0.25, 0.3) is 0 Å². The number of nitrogens with zero attached hydrogens (tertiary/aromatic N) is 1. The number of hydrogen-bond acceptors (Lipinski definition) is 3. The Kier molecular flexibility index (Phi) is 4.34. The van der Waals surface area contributed by atoms with E-state index in [-0.39, 0.29) is 11.9 Å². The smallest absolute Gasteiger partial charge is 0.126 e. The summed E-state index contributed by atoms with van der Waals surface area (Å²) in [5.74, 6) is 0.276. The molecule has 1 N–H and O–H groups in total. The molecule has 2 rings (SSSR count). The molecular weight excluding hydrogens is 221 g/mol. The van der Waals surface area contributed by atoms with Crippen molar-refractivity contribution in [3.8, 4) is 5.75 Å². The van der Waals surface area contributed by atoms with E-state index in [1.165, 1.54) is 12.1 Å². The topological polar surface area (TPSA) is 32.7 Å². The summed E-state index contributed by atoms with van der Waals surface area (Å²) >= 11 is 0. The van der Waals surface area contributed by atoms with Crippen LogP contribution in [0.25, 0.3) is 0 Å². The summed E-state index contributed by atoms with van der Waals surface area (Å²) in [5, 5.41) is 9.50. The Labute approximate surface area is 101 Å². The first-order valence-electron chi connectivity index (χ1n) is 6.03. The molecule has 94 valence electrons. The number of aliphatic hydroxyl groups excluding tert-OH is 1. The molecule has 1 fully saturated rings. The number of likely N-dealkylation sites (tertiary alicyclic amines) is 1. The maximum Gasteiger partial charge on any atom is 0.126 e. The number of piperidine rings is 1. The van der Waals surface area contributed by atoms with Crippen molar-refractivity contribution < 1.29 is 14.2 Å². The Morgan fingerprint density at radius 2 is 2.35 bits per heavy atom. The van der Waals surface area contributed by atoms with E-state index in [2.05, 4.69) is 4.90 Å². The van der Waals surface area contributed by atoms with E-state index in [0.29, 0.717) is 18.9 Å². The van der Waals surface area contributed by atoms with Crippen molar-refractivity contribution in [3.05, 3.63) is 30.1 Å². The number of β-amino-alcohol motifs (C(OH)–C–C–N with tert-alkyl or cyclic N) is 1. The number of benzene rings is 1. The van der Waals surface area contributed by atoms with Crippen LogP contribution in [0.3, 0.4) is 0 Å². The van der Waals surface area contributed by atoms with Crippen LogP contribution in [0, 0.1) is 5.82 Å². The Morgan fingerprint density at radius 3 is 3.12 bits per heavy atom. The van der Waals surface area contributed by atoms with Gasteiger partial charge in [0, 0.05) is 19.2 Å². The van der Waals surface area contributed by atoms with E-state index in [4.69, 9.17) is 4.74 Å². The molecule has 1 heterocycles. The normalized spacial score (nSPS) is 21.4. The standard InChI is InChI=1S/C13H18FNO2/c14-11-3-1-5-13(9-11)17-8-7-15-6-2-4-12(16)10-15/h1,3,5,9,12,16H,2,4,6-8,10H2. The van der Waals surface area contributed by atoms with Gasteiger partial charge in [0.05, 0.1) is 6.10 Å². The minimum absolute atomic E-state index is 0.210. The molecule has 1 aliphatic heterocycles. The lowest BCUT2D eigenvalue weighted by molar-refractivity contribution is 0.0633. The molecule has 0 spiro atoms. The lowest BCUT2D eigenvalue weighted by atomic mass is 10.1. The molecular formula is C13H18FNO2. The molecule has 0 saturated carbocycles. The molecule has 0 aliphatic carbocycles. The highest BCUT2D eigenvalue weighted by Gasteiger charge is 2.16. The van der Waals surface area contributed by atoms with E-state index in [9.17, 15) is 9.50 Å². The minimum Gasteiger partial charge on any atom is -0.492 e. The first-order chi connectivity index (χ1) is 8.24.